The van der Waals surface area contributed by atoms with Crippen molar-refractivity contribution in [2.75, 3.05) is 39.2 Å². The van der Waals surface area contributed by atoms with Crippen molar-refractivity contribution in [3.63, 3.8) is 0 Å². The van der Waals surface area contributed by atoms with E-state index in [0.717, 1.165) is 21.3 Å². The molecule has 0 radical (unpaired) electrons. The number of methoxy groups -OCH3 is 1. The topological polar surface area (TPSA) is 51.7 Å². The minimum atomic E-state index is 0.152. The van der Waals surface area contributed by atoms with Crippen LogP contribution in [-0.2, 0) is 9.53 Å². The molecule has 7 heteroatoms. The standard InChI is InChI=1S/C16H18N2O3S2/c1-20-13-4-2-12(3-5-13)14-10-22-16(17-14)23-11-15(19)18-6-8-21-9-7-18/h2-5,10H,6-9,11H2,1H3. The Kier molecular flexibility index (Phi) is 5.53. The lowest BCUT2D eigenvalue weighted by atomic mass is 10.2. The molecular weight excluding hydrogens is 332 g/mol. The van der Waals surface area contributed by atoms with Gasteiger partial charge in [0.15, 0.2) is 4.34 Å². The highest BCUT2D eigenvalue weighted by Gasteiger charge is 2.17. The molecule has 1 saturated heterocycles. The molecule has 23 heavy (non-hydrogen) atoms. The van der Waals surface area contributed by atoms with E-state index in [2.05, 4.69) is 4.98 Å². The van der Waals surface area contributed by atoms with E-state index >= 15 is 0 Å². The molecule has 2 heterocycles. The van der Waals surface area contributed by atoms with Crippen LogP contribution in [-0.4, -0.2) is 55.0 Å². The van der Waals surface area contributed by atoms with Gasteiger partial charge in [0.2, 0.25) is 5.91 Å². The summed E-state index contributed by atoms with van der Waals surface area (Å²) in [5.41, 5.74) is 1.98. The van der Waals surface area contributed by atoms with Crippen LogP contribution in [0, 0.1) is 0 Å². The third-order valence-corrected chi connectivity index (χ3v) is 5.56. The van der Waals surface area contributed by atoms with Crippen molar-refractivity contribution in [2.24, 2.45) is 0 Å². The second kappa shape index (κ2) is 7.81. The quantitative estimate of drug-likeness (QED) is 0.776. The van der Waals surface area contributed by atoms with Crippen molar-refractivity contribution in [2.45, 2.75) is 4.34 Å². The van der Waals surface area contributed by atoms with Crippen LogP contribution in [0.1, 0.15) is 0 Å². The van der Waals surface area contributed by atoms with Gasteiger partial charge in [-0.25, -0.2) is 4.98 Å². The molecule has 0 bridgehead atoms. The zero-order valence-electron chi connectivity index (χ0n) is 12.9. The molecule has 1 aromatic heterocycles. The summed E-state index contributed by atoms with van der Waals surface area (Å²) in [6.07, 6.45) is 0. The van der Waals surface area contributed by atoms with Crippen molar-refractivity contribution in [1.29, 1.82) is 0 Å². The van der Waals surface area contributed by atoms with Crippen molar-refractivity contribution >= 4 is 29.0 Å². The zero-order chi connectivity index (χ0) is 16.1. The van der Waals surface area contributed by atoms with Crippen LogP contribution in [0.4, 0.5) is 0 Å². The fourth-order valence-corrected chi connectivity index (χ4v) is 3.98. The molecule has 0 spiro atoms. The van der Waals surface area contributed by atoms with E-state index in [9.17, 15) is 4.79 Å². The Morgan fingerprint density at radius 1 is 1.35 bits per heavy atom. The Hall–Kier alpha value is -1.57. The maximum Gasteiger partial charge on any atom is 0.233 e. The van der Waals surface area contributed by atoms with Crippen LogP contribution >= 0.6 is 23.1 Å². The van der Waals surface area contributed by atoms with Crippen molar-refractivity contribution < 1.29 is 14.3 Å². The van der Waals surface area contributed by atoms with Crippen LogP contribution in [0.15, 0.2) is 34.0 Å². The second-order valence-corrected chi connectivity index (χ2v) is 7.09. The number of hydrogen-bond donors (Lipinski definition) is 0. The van der Waals surface area contributed by atoms with Gasteiger partial charge in [-0.15, -0.1) is 11.3 Å². The smallest absolute Gasteiger partial charge is 0.233 e. The summed E-state index contributed by atoms with van der Waals surface area (Å²) in [6.45, 7) is 2.65. The number of rotatable bonds is 5. The fraction of sp³-hybridized carbons (Fsp3) is 0.375. The SMILES string of the molecule is COc1ccc(-c2csc(SCC(=O)N3CCOCC3)n2)cc1. The van der Waals surface area contributed by atoms with Crippen LogP contribution in [0.5, 0.6) is 5.75 Å². The predicted molar refractivity (Wildman–Crippen MR) is 92.2 cm³/mol. The Bertz CT molecular complexity index is 652. The van der Waals surface area contributed by atoms with E-state index in [1.54, 1.807) is 18.4 Å². The molecule has 122 valence electrons. The van der Waals surface area contributed by atoms with Gasteiger partial charge in [0.05, 0.1) is 31.8 Å². The van der Waals surface area contributed by atoms with E-state index in [1.165, 1.54) is 11.8 Å². The Balaban J connectivity index is 1.57. The number of hydrogen-bond acceptors (Lipinski definition) is 6. The molecule has 1 amide bonds. The molecule has 0 unspecified atom stereocenters. The lowest BCUT2D eigenvalue weighted by Gasteiger charge is -2.26. The maximum atomic E-state index is 12.1. The van der Waals surface area contributed by atoms with Gasteiger partial charge in [0.25, 0.3) is 0 Å². The van der Waals surface area contributed by atoms with E-state index in [0.29, 0.717) is 32.1 Å². The molecular formula is C16H18N2O3S2. The first-order valence-corrected chi connectivity index (χ1v) is 9.21. The monoisotopic (exact) mass is 350 g/mol. The third kappa shape index (κ3) is 4.25. The summed E-state index contributed by atoms with van der Waals surface area (Å²) in [5.74, 6) is 1.41. The van der Waals surface area contributed by atoms with E-state index in [-0.39, 0.29) is 5.91 Å². The predicted octanol–water partition coefficient (Wildman–Crippen LogP) is 2.77. The van der Waals surface area contributed by atoms with Crippen molar-refractivity contribution in [1.82, 2.24) is 9.88 Å². The van der Waals surface area contributed by atoms with E-state index in [1.807, 2.05) is 34.5 Å². The van der Waals surface area contributed by atoms with Gasteiger partial charge < -0.3 is 14.4 Å². The maximum absolute atomic E-state index is 12.1. The number of nitrogens with zero attached hydrogens (tertiary/aromatic N) is 2. The molecule has 0 atom stereocenters. The third-order valence-electron chi connectivity index (χ3n) is 3.55. The van der Waals surface area contributed by atoms with Gasteiger partial charge in [-0.05, 0) is 24.3 Å². The summed E-state index contributed by atoms with van der Waals surface area (Å²) in [7, 11) is 1.65. The lowest BCUT2D eigenvalue weighted by molar-refractivity contribution is -0.132. The van der Waals surface area contributed by atoms with E-state index < -0.39 is 0 Å². The molecule has 0 N–H and O–H groups in total. The summed E-state index contributed by atoms with van der Waals surface area (Å²) < 4.78 is 11.3. The summed E-state index contributed by atoms with van der Waals surface area (Å²) in [6, 6.07) is 7.81. The van der Waals surface area contributed by atoms with Crippen LogP contribution in [0.3, 0.4) is 0 Å². The molecule has 2 aromatic rings. The fourth-order valence-electron chi connectivity index (χ4n) is 2.25. The van der Waals surface area contributed by atoms with Gasteiger partial charge in [-0.2, -0.15) is 0 Å². The Morgan fingerprint density at radius 2 is 2.09 bits per heavy atom. The molecule has 1 aromatic carbocycles. The number of ether oxygens (including phenoxy) is 2. The second-order valence-electron chi connectivity index (χ2n) is 5.01. The van der Waals surface area contributed by atoms with Gasteiger partial charge in [-0.3, -0.25) is 4.79 Å². The number of carbonyl (C=O) groups is 1. The highest BCUT2D eigenvalue weighted by Crippen LogP contribution is 2.29. The van der Waals surface area contributed by atoms with Gasteiger partial charge in [-0.1, -0.05) is 11.8 Å². The first kappa shape index (κ1) is 16.3. The number of thioether (sulfide) groups is 1. The molecule has 3 rings (SSSR count). The van der Waals surface area contributed by atoms with Crippen molar-refractivity contribution in [3.05, 3.63) is 29.6 Å². The largest absolute Gasteiger partial charge is 0.497 e. The van der Waals surface area contributed by atoms with Gasteiger partial charge in [0.1, 0.15) is 5.75 Å². The zero-order valence-corrected chi connectivity index (χ0v) is 14.5. The first-order valence-electron chi connectivity index (χ1n) is 7.34. The first-order chi connectivity index (χ1) is 11.3. The Labute approximate surface area is 143 Å². The minimum absolute atomic E-state index is 0.152. The minimum Gasteiger partial charge on any atom is -0.497 e. The van der Waals surface area contributed by atoms with Crippen LogP contribution < -0.4 is 4.74 Å². The van der Waals surface area contributed by atoms with Crippen molar-refractivity contribution in [3.8, 4) is 17.0 Å². The van der Waals surface area contributed by atoms with Gasteiger partial charge in [0, 0.05) is 24.0 Å². The number of benzene rings is 1. The summed E-state index contributed by atoms with van der Waals surface area (Å²) >= 11 is 3.06. The van der Waals surface area contributed by atoms with E-state index in [4.69, 9.17) is 9.47 Å². The molecule has 5 nitrogen and oxygen atoms in total. The summed E-state index contributed by atoms with van der Waals surface area (Å²) in [5, 5.41) is 2.02. The average molecular weight is 350 g/mol. The lowest BCUT2D eigenvalue weighted by Crippen LogP contribution is -2.41. The van der Waals surface area contributed by atoms with Crippen LogP contribution in [0.25, 0.3) is 11.3 Å². The van der Waals surface area contributed by atoms with Crippen LogP contribution in [0.2, 0.25) is 0 Å². The average Bonchev–Trinajstić information content (AvgIpc) is 3.09. The number of morpholine rings is 1. The molecule has 0 aliphatic carbocycles. The summed E-state index contributed by atoms with van der Waals surface area (Å²) in [4.78, 5) is 18.6. The highest BCUT2D eigenvalue weighted by atomic mass is 32.2. The number of aromatic nitrogens is 1. The molecule has 1 fully saturated rings. The van der Waals surface area contributed by atoms with Gasteiger partial charge >= 0.3 is 0 Å². The normalized spacial score (nSPS) is 14.7. The highest BCUT2D eigenvalue weighted by molar-refractivity contribution is 8.01. The Morgan fingerprint density at radius 3 is 2.78 bits per heavy atom. The number of amides is 1. The molecule has 1 aliphatic heterocycles. The number of thiazole rings is 1. The molecule has 0 saturated carbocycles. The number of carbonyl (C=O) groups excluding carboxylic acids is 1. The molecule has 1 aliphatic rings.